The molecule has 0 aromatic rings. The summed E-state index contributed by atoms with van der Waals surface area (Å²) in [6, 6.07) is 0. The molecule has 0 atom stereocenters. The summed E-state index contributed by atoms with van der Waals surface area (Å²) in [5.41, 5.74) is 0. The van der Waals surface area contributed by atoms with E-state index in [1.807, 2.05) is 0 Å². The Hall–Kier alpha value is -1.73. The van der Waals surface area contributed by atoms with Crippen molar-refractivity contribution in [3.05, 3.63) is 0 Å². The van der Waals surface area contributed by atoms with Crippen molar-refractivity contribution in [2.45, 2.75) is 32.6 Å². The number of aliphatic carboxylic acids is 1. The van der Waals surface area contributed by atoms with Crippen LogP contribution in [0.4, 0.5) is 0 Å². The van der Waals surface area contributed by atoms with E-state index in [0.717, 1.165) is 13.0 Å². The molecule has 0 unspecified atom stereocenters. The molecule has 0 radical (unpaired) electrons. The fourth-order valence-electron chi connectivity index (χ4n) is 7.17. The number of carboxylic acids is 1. The molecule has 0 aromatic heterocycles. The van der Waals surface area contributed by atoms with Crippen molar-refractivity contribution in [2.24, 2.45) is 0 Å². The summed E-state index contributed by atoms with van der Waals surface area (Å²) >= 11 is 0. The van der Waals surface area contributed by atoms with Crippen molar-refractivity contribution in [3.63, 3.8) is 0 Å². The average molecular weight is 1440 g/mol. The van der Waals surface area contributed by atoms with Crippen molar-refractivity contribution >= 4 is 5.97 Å². The largest absolute Gasteiger partial charge is 0.480 e. The Morgan fingerprint density at radius 2 is 0.255 bits per heavy atom. The van der Waals surface area contributed by atoms with Gasteiger partial charge in [-0.15, -0.1) is 0 Å². The summed E-state index contributed by atoms with van der Waals surface area (Å²) in [7, 11) is 0. The summed E-state index contributed by atoms with van der Waals surface area (Å²) in [5, 5.41) is 8.47. The normalized spacial score (nSPS) is 11.8. The van der Waals surface area contributed by atoms with Crippen LogP contribution in [0.25, 0.3) is 0 Å². The third kappa shape index (κ3) is 94.3. The number of carbonyl (C=O) groups is 1. The van der Waals surface area contributed by atoms with Crippen LogP contribution < -0.4 is 0 Å². The van der Waals surface area contributed by atoms with E-state index in [1.54, 1.807) is 0 Å². The van der Waals surface area contributed by atoms with E-state index in [9.17, 15) is 4.79 Å². The molecule has 0 rings (SSSR count). The van der Waals surface area contributed by atoms with Crippen molar-refractivity contribution < 1.29 is 152 Å². The second-order valence-corrected chi connectivity index (χ2v) is 20.3. The zero-order valence-corrected chi connectivity index (χ0v) is 59.9. The highest BCUT2D eigenvalue weighted by molar-refractivity contribution is 5.67. The smallest absolute Gasteiger partial charge is 0.329 e. The van der Waals surface area contributed by atoms with E-state index in [2.05, 4.69) is 6.92 Å². The van der Waals surface area contributed by atoms with Crippen LogP contribution in [-0.2, 0) is 147 Å². The molecule has 0 spiro atoms. The number of hydrogen-bond acceptors (Lipinski definition) is 31. The van der Waals surface area contributed by atoms with E-state index >= 15 is 0 Å². The van der Waals surface area contributed by atoms with Crippen LogP contribution in [-0.4, -0.2) is 407 Å². The molecule has 588 valence electrons. The zero-order valence-electron chi connectivity index (χ0n) is 59.9. The highest BCUT2D eigenvalue weighted by Gasteiger charge is 2.03. The molecular weight excluding hydrogens is 1300 g/mol. The fourth-order valence-corrected chi connectivity index (χ4v) is 7.17. The highest BCUT2D eigenvalue weighted by Crippen LogP contribution is 1.99. The standard InChI is InChI=1S/C66H132O32/c1-2-3-4-5-6-69-7-8-70-9-10-71-11-12-72-13-14-73-15-16-74-17-18-75-19-20-76-21-22-77-23-24-78-25-26-79-27-28-80-29-30-81-31-32-82-33-34-83-35-36-84-37-38-85-39-40-86-41-42-87-43-44-88-45-46-89-47-48-90-49-50-91-51-52-92-53-54-93-55-56-94-57-58-95-59-60-96-61-62-97-63-64-98-65-66(67)68/h2-65H2,1H3,(H,67,68). The van der Waals surface area contributed by atoms with Crippen LogP contribution in [0.15, 0.2) is 0 Å². The lowest BCUT2D eigenvalue weighted by molar-refractivity contribution is -0.142. The maximum atomic E-state index is 10.3. The highest BCUT2D eigenvalue weighted by atomic mass is 16.6. The predicted molar refractivity (Wildman–Crippen MR) is 356 cm³/mol. The third-order valence-electron chi connectivity index (χ3n) is 12.2. The molecule has 0 saturated carbocycles. The number of carboxylic acid groups (broad SMARTS) is 1. The molecule has 0 heterocycles. The second kappa shape index (κ2) is 93.3. The minimum Gasteiger partial charge on any atom is -0.480 e. The summed E-state index contributed by atoms with van der Waals surface area (Å²) < 4.78 is 165. The quantitative estimate of drug-likeness (QED) is 0.0853. The average Bonchev–Trinajstić information content (AvgIpc) is 3.63. The second-order valence-electron chi connectivity index (χ2n) is 20.3. The van der Waals surface area contributed by atoms with Gasteiger partial charge in [0.25, 0.3) is 0 Å². The van der Waals surface area contributed by atoms with Crippen molar-refractivity contribution in [1.29, 1.82) is 0 Å². The third-order valence-corrected chi connectivity index (χ3v) is 12.2. The van der Waals surface area contributed by atoms with Gasteiger partial charge < -0.3 is 147 Å². The molecule has 98 heavy (non-hydrogen) atoms. The Labute approximate surface area is 585 Å². The maximum absolute atomic E-state index is 10.3. The summed E-state index contributed by atoms with van der Waals surface area (Å²) in [6.45, 7) is 30.5. The van der Waals surface area contributed by atoms with Gasteiger partial charge >= 0.3 is 5.97 Å². The Balaban J connectivity index is 3.09. The van der Waals surface area contributed by atoms with Gasteiger partial charge in [0.2, 0.25) is 0 Å². The molecule has 0 aromatic carbocycles. The van der Waals surface area contributed by atoms with E-state index in [0.29, 0.717) is 377 Å². The first-order chi connectivity index (χ1) is 48.8. The summed E-state index contributed by atoms with van der Waals surface area (Å²) in [4.78, 5) is 10.3. The van der Waals surface area contributed by atoms with Gasteiger partial charge in [-0.2, -0.15) is 0 Å². The molecule has 0 fully saturated rings. The molecule has 32 nitrogen and oxygen atoms in total. The van der Waals surface area contributed by atoms with Crippen molar-refractivity contribution in [3.8, 4) is 0 Å². The van der Waals surface area contributed by atoms with Gasteiger partial charge in [-0.05, 0) is 6.42 Å². The molecule has 0 aliphatic rings. The van der Waals surface area contributed by atoms with Crippen LogP contribution in [0.2, 0.25) is 0 Å². The van der Waals surface area contributed by atoms with Crippen molar-refractivity contribution in [2.75, 3.05) is 396 Å². The van der Waals surface area contributed by atoms with E-state index < -0.39 is 5.97 Å². The van der Waals surface area contributed by atoms with Gasteiger partial charge in [0.1, 0.15) is 6.61 Å². The first kappa shape index (κ1) is 96.3. The summed E-state index contributed by atoms with van der Waals surface area (Å²) in [5.74, 6) is -1.00. The molecule has 0 saturated heterocycles. The van der Waals surface area contributed by atoms with Crippen LogP contribution in [0.1, 0.15) is 32.6 Å². The van der Waals surface area contributed by atoms with Gasteiger partial charge in [0, 0.05) is 6.61 Å². The monoisotopic (exact) mass is 1440 g/mol. The lowest BCUT2D eigenvalue weighted by Crippen LogP contribution is -2.16. The molecule has 0 aliphatic carbocycles. The molecule has 0 aliphatic heterocycles. The predicted octanol–water partition coefficient (Wildman–Crippen LogP) is 2.15. The first-order valence-electron chi connectivity index (χ1n) is 35.3. The molecule has 1 N–H and O–H groups in total. The summed E-state index contributed by atoms with van der Waals surface area (Å²) in [6.07, 6.45) is 4.86. The van der Waals surface area contributed by atoms with Gasteiger partial charge in [-0.25, -0.2) is 4.79 Å². The molecule has 32 heteroatoms. The molecular formula is C66H132O32. The topological polar surface area (TPSA) is 314 Å². The van der Waals surface area contributed by atoms with E-state index in [1.165, 1.54) is 19.3 Å². The van der Waals surface area contributed by atoms with Crippen LogP contribution in [0.3, 0.4) is 0 Å². The number of rotatable bonds is 94. The Morgan fingerprint density at radius 3 is 0.357 bits per heavy atom. The zero-order chi connectivity index (χ0) is 70.0. The Bertz CT molecular complexity index is 1410. The minimum absolute atomic E-state index is 0.232. The molecule has 0 bridgehead atoms. The van der Waals surface area contributed by atoms with Gasteiger partial charge in [0.15, 0.2) is 0 Å². The van der Waals surface area contributed by atoms with Crippen molar-refractivity contribution in [1.82, 2.24) is 0 Å². The maximum Gasteiger partial charge on any atom is 0.329 e. The first-order valence-corrected chi connectivity index (χ1v) is 35.3. The number of unbranched alkanes of at least 4 members (excludes halogenated alkanes) is 3. The lowest BCUT2D eigenvalue weighted by Gasteiger charge is -2.09. The minimum atomic E-state index is -1.00. The lowest BCUT2D eigenvalue weighted by atomic mass is 10.2. The van der Waals surface area contributed by atoms with E-state index in [4.69, 9.17) is 147 Å². The van der Waals surface area contributed by atoms with E-state index in [-0.39, 0.29) is 13.2 Å². The van der Waals surface area contributed by atoms with Crippen LogP contribution in [0, 0.1) is 0 Å². The number of hydrogen-bond donors (Lipinski definition) is 1. The Kier molecular flexibility index (Phi) is 91.6. The SMILES string of the molecule is CCCCCCOCCOCCOCCOCCOCCOCCOCCOCCOCCOCCOCCOCCOCCOCCOCCOCCOCCOCCOCCOCCOCCOCCOCCOCCOCCOCCOCCOCCOCCOCC(=O)O. The number of ether oxygens (including phenoxy) is 30. The van der Waals surface area contributed by atoms with Gasteiger partial charge in [-0.3, -0.25) is 0 Å². The molecule has 0 amide bonds. The van der Waals surface area contributed by atoms with Crippen LogP contribution in [0.5, 0.6) is 0 Å². The van der Waals surface area contributed by atoms with Gasteiger partial charge in [0.05, 0.1) is 383 Å². The Morgan fingerprint density at radius 1 is 0.153 bits per heavy atom. The fraction of sp³-hybridized carbons (Fsp3) is 0.985. The van der Waals surface area contributed by atoms with Crippen LogP contribution >= 0.6 is 0 Å². The van der Waals surface area contributed by atoms with Gasteiger partial charge in [-0.1, -0.05) is 26.2 Å².